The van der Waals surface area contributed by atoms with Gasteiger partial charge in [0.2, 0.25) is 0 Å². The van der Waals surface area contributed by atoms with E-state index in [0.29, 0.717) is 0 Å². The van der Waals surface area contributed by atoms with E-state index in [0.717, 1.165) is 18.7 Å². The third-order valence-electron chi connectivity index (χ3n) is 2.82. The summed E-state index contributed by atoms with van der Waals surface area (Å²) in [5.74, 6) is 0.272. The molecular formula is C14H22N2O. The van der Waals surface area contributed by atoms with Crippen molar-refractivity contribution < 1.29 is 4.79 Å². The Bertz CT molecular complexity index is 346. The standard InChI is InChI=1S/C14H22N2O/c1-11(2)14(17)12(8-10-16(3)4)13-7-5-6-9-15-13/h5-7,9,11-12H,8,10H2,1-4H3/t12-/m1/s1. The third kappa shape index (κ3) is 4.27. The van der Waals surface area contributed by atoms with E-state index < -0.39 is 0 Å². The van der Waals surface area contributed by atoms with Crippen LogP contribution in [0.2, 0.25) is 0 Å². The van der Waals surface area contributed by atoms with Gasteiger partial charge in [-0.1, -0.05) is 19.9 Å². The summed E-state index contributed by atoms with van der Waals surface area (Å²) in [7, 11) is 4.05. The van der Waals surface area contributed by atoms with Gasteiger partial charge in [0.1, 0.15) is 5.78 Å². The summed E-state index contributed by atoms with van der Waals surface area (Å²) in [5, 5.41) is 0. The van der Waals surface area contributed by atoms with Gasteiger partial charge in [0.25, 0.3) is 0 Å². The summed E-state index contributed by atoms with van der Waals surface area (Å²) in [6.45, 7) is 4.81. The zero-order valence-corrected chi connectivity index (χ0v) is 11.2. The van der Waals surface area contributed by atoms with Crippen LogP contribution >= 0.6 is 0 Å². The van der Waals surface area contributed by atoms with E-state index in [-0.39, 0.29) is 17.6 Å². The zero-order chi connectivity index (χ0) is 12.8. The van der Waals surface area contributed by atoms with Gasteiger partial charge in [0.05, 0.1) is 11.6 Å². The molecule has 0 spiro atoms. The van der Waals surface area contributed by atoms with E-state index in [4.69, 9.17) is 0 Å². The van der Waals surface area contributed by atoms with Crippen LogP contribution in [-0.2, 0) is 4.79 Å². The van der Waals surface area contributed by atoms with Gasteiger partial charge in [-0.05, 0) is 39.2 Å². The van der Waals surface area contributed by atoms with E-state index in [1.54, 1.807) is 6.20 Å². The Labute approximate surface area is 104 Å². The maximum Gasteiger partial charge on any atom is 0.144 e. The fraction of sp³-hybridized carbons (Fsp3) is 0.571. The third-order valence-corrected chi connectivity index (χ3v) is 2.82. The molecule has 3 heteroatoms. The largest absolute Gasteiger partial charge is 0.309 e. The number of carbonyl (C=O) groups excluding carboxylic acids is 1. The van der Waals surface area contributed by atoms with Crippen LogP contribution in [0.1, 0.15) is 31.9 Å². The van der Waals surface area contributed by atoms with Crippen molar-refractivity contribution in [1.29, 1.82) is 0 Å². The van der Waals surface area contributed by atoms with Crippen LogP contribution in [0.25, 0.3) is 0 Å². The molecule has 0 aliphatic rings. The molecule has 0 saturated carbocycles. The monoisotopic (exact) mass is 234 g/mol. The van der Waals surface area contributed by atoms with Crippen molar-refractivity contribution in [2.45, 2.75) is 26.2 Å². The van der Waals surface area contributed by atoms with Crippen molar-refractivity contribution in [1.82, 2.24) is 9.88 Å². The molecule has 1 aromatic heterocycles. The van der Waals surface area contributed by atoms with Crippen LogP contribution in [0.15, 0.2) is 24.4 Å². The Morgan fingerprint density at radius 3 is 2.53 bits per heavy atom. The number of rotatable bonds is 6. The molecule has 0 bridgehead atoms. The minimum Gasteiger partial charge on any atom is -0.309 e. The highest BCUT2D eigenvalue weighted by Gasteiger charge is 2.23. The van der Waals surface area contributed by atoms with Crippen LogP contribution < -0.4 is 0 Å². The number of nitrogens with zero attached hydrogens (tertiary/aromatic N) is 2. The Morgan fingerprint density at radius 2 is 2.06 bits per heavy atom. The van der Waals surface area contributed by atoms with Crippen molar-refractivity contribution >= 4 is 5.78 Å². The number of hydrogen-bond acceptors (Lipinski definition) is 3. The molecule has 0 N–H and O–H groups in total. The first-order valence-electron chi connectivity index (χ1n) is 6.11. The normalized spacial score (nSPS) is 13.1. The van der Waals surface area contributed by atoms with Gasteiger partial charge in [-0.15, -0.1) is 0 Å². The minimum atomic E-state index is -0.0707. The smallest absolute Gasteiger partial charge is 0.144 e. The molecule has 94 valence electrons. The molecule has 1 rings (SSSR count). The lowest BCUT2D eigenvalue weighted by molar-refractivity contribution is -0.123. The predicted octanol–water partition coefficient (Wildman–Crippen LogP) is 2.34. The van der Waals surface area contributed by atoms with Crippen molar-refractivity contribution in [3.63, 3.8) is 0 Å². The van der Waals surface area contributed by atoms with Crippen molar-refractivity contribution in [3.8, 4) is 0 Å². The SMILES string of the molecule is CC(C)C(=O)[C@H](CCN(C)C)c1ccccn1. The van der Waals surface area contributed by atoms with Gasteiger partial charge in [0.15, 0.2) is 0 Å². The Balaban J connectivity index is 2.83. The lowest BCUT2D eigenvalue weighted by Gasteiger charge is -2.19. The van der Waals surface area contributed by atoms with Gasteiger partial charge >= 0.3 is 0 Å². The first kappa shape index (κ1) is 13.8. The molecule has 17 heavy (non-hydrogen) atoms. The highest BCUT2D eigenvalue weighted by atomic mass is 16.1. The number of ketones is 1. The van der Waals surface area contributed by atoms with E-state index in [1.165, 1.54) is 0 Å². The summed E-state index contributed by atoms with van der Waals surface area (Å²) in [5.41, 5.74) is 0.896. The maximum absolute atomic E-state index is 12.2. The highest BCUT2D eigenvalue weighted by Crippen LogP contribution is 2.22. The summed E-state index contributed by atoms with van der Waals surface area (Å²) in [6.07, 6.45) is 2.59. The molecule has 0 radical (unpaired) electrons. The number of hydrogen-bond donors (Lipinski definition) is 0. The van der Waals surface area contributed by atoms with Gasteiger partial charge in [-0.25, -0.2) is 0 Å². The quantitative estimate of drug-likeness (QED) is 0.757. The van der Waals surface area contributed by atoms with Gasteiger partial charge in [-0.2, -0.15) is 0 Å². The molecule has 1 aromatic rings. The molecule has 0 aliphatic heterocycles. The topological polar surface area (TPSA) is 33.2 Å². The number of aromatic nitrogens is 1. The molecule has 1 heterocycles. The second kappa shape index (κ2) is 6.50. The van der Waals surface area contributed by atoms with E-state index in [1.807, 2.05) is 46.1 Å². The molecule has 0 aromatic carbocycles. The van der Waals surface area contributed by atoms with Crippen LogP contribution in [-0.4, -0.2) is 36.3 Å². The second-order valence-corrected chi connectivity index (χ2v) is 4.96. The first-order chi connectivity index (χ1) is 8.02. The molecular weight excluding hydrogens is 212 g/mol. The van der Waals surface area contributed by atoms with Crippen molar-refractivity contribution in [2.24, 2.45) is 5.92 Å². The maximum atomic E-state index is 12.2. The summed E-state index contributed by atoms with van der Waals surface area (Å²) in [6, 6.07) is 5.77. The Morgan fingerprint density at radius 1 is 1.35 bits per heavy atom. The van der Waals surface area contributed by atoms with Crippen molar-refractivity contribution in [3.05, 3.63) is 30.1 Å². The van der Waals surface area contributed by atoms with E-state index >= 15 is 0 Å². The average molecular weight is 234 g/mol. The minimum absolute atomic E-state index is 0.0594. The molecule has 0 saturated heterocycles. The van der Waals surface area contributed by atoms with E-state index in [2.05, 4.69) is 9.88 Å². The highest BCUT2D eigenvalue weighted by molar-refractivity contribution is 5.86. The van der Waals surface area contributed by atoms with Gasteiger partial charge < -0.3 is 4.90 Å². The molecule has 0 unspecified atom stereocenters. The summed E-state index contributed by atoms with van der Waals surface area (Å²) in [4.78, 5) is 18.6. The predicted molar refractivity (Wildman–Crippen MR) is 70.0 cm³/mol. The number of carbonyl (C=O) groups is 1. The lowest BCUT2D eigenvalue weighted by atomic mass is 9.89. The fourth-order valence-electron chi connectivity index (χ4n) is 1.81. The molecule has 0 amide bonds. The Hall–Kier alpha value is -1.22. The van der Waals surface area contributed by atoms with Gasteiger partial charge in [0, 0.05) is 12.1 Å². The van der Waals surface area contributed by atoms with Gasteiger partial charge in [-0.3, -0.25) is 9.78 Å². The number of Topliss-reactive ketones (excluding diaryl/α,β-unsaturated/α-hetero) is 1. The van der Waals surface area contributed by atoms with Crippen LogP contribution in [0.3, 0.4) is 0 Å². The Kier molecular flexibility index (Phi) is 5.29. The van der Waals surface area contributed by atoms with Crippen LogP contribution in [0.4, 0.5) is 0 Å². The summed E-state index contributed by atoms with van der Waals surface area (Å²) >= 11 is 0. The molecule has 3 nitrogen and oxygen atoms in total. The van der Waals surface area contributed by atoms with Crippen LogP contribution in [0.5, 0.6) is 0 Å². The lowest BCUT2D eigenvalue weighted by Crippen LogP contribution is -2.24. The fourth-order valence-corrected chi connectivity index (χ4v) is 1.81. The van der Waals surface area contributed by atoms with Crippen molar-refractivity contribution in [2.75, 3.05) is 20.6 Å². The van der Waals surface area contributed by atoms with E-state index in [9.17, 15) is 4.79 Å². The second-order valence-electron chi connectivity index (χ2n) is 4.96. The zero-order valence-electron chi connectivity index (χ0n) is 11.2. The average Bonchev–Trinajstić information content (AvgIpc) is 2.30. The first-order valence-corrected chi connectivity index (χ1v) is 6.11. The molecule has 1 atom stereocenters. The van der Waals surface area contributed by atoms with Crippen LogP contribution in [0, 0.1) is 5.92 Å². The summed E-state index contributed by atoms with van der Waals surface area (Å²) < 4.78 is 0. The molecule has 0 fully saturated rings. The molecule has 0 aliphatic carbocycles. The number of pyridine rings is 1.